The summed E-state index contributed by atoms with van der Waals surface area (Å²) < 4.78 is 5.77. The third-order valence-corrected chi connectivity index (χ3v) is 3.87. The first-order valence-electron chi connectivity index (χ1n) is 6.85. The molecule has 3 atom stereocenters. The van der Waals surface area contributed by atoms with Crippen LogP contribution in [0.3, 0.4) is 0 Å². The van der Waals surface area contributed by atoms with Crippen LogP contribution >= 0.6 is 12.4 Å². The molecule has 1 saturated carbocycles. The zero-order valence-corrected chi connectivity index (χ0v) is 12.0. The first kappa shape index (κ1) is 15.7. The lowest BCUT2D eigenvalue weighted by atomic mass is 9.90. The van der Waals surface area contributed by atoms with Crippen molar-refractivity contribution in [2.24, 2.45) is 5.73 Å². The van der Waals surface area contributed by atoms with Gasteiger partial charge >= 0.3 is 0 Å². The molecule has 0 spiro atoms. The molecule has 2 N–H and O–H groups in total. The molecule has 0 bridgehead atoms. The maximum Gasteiger partial charge on any atom is 0.223 e. The standard InChI is InChI=1S/C13H24N2O2.ClH/c1-10(14)6-7-13(16)15-8-9-17-12-5-3-2-4-11(12)15;/h10-12H,2-9,14H2,1H3;1H. The zero-order chi connectivity index (χ0) is 12.3. The highest BCUT2D eigenvalue weighted by molar-refractivity contribution is 5.85. The molecule has 106 valence electrons. The van der Waals surface area contributed by atoms with Gasteiger partial charge in [-0.15, -0.1) is 12.4 Å². The van der Waals surface area contributed by atoms with Crippen molar-refractivity contribution in [3.8, 4) is 0 Å². The van der Waals surface area contributed by atoms with Crippen LogP contribution in [0.15, 0.2) is 0 Å². The predicted octanol–water partition coefficient (Wildman–Crippen LogP) is 1.71. The van der Waals surface area contributed by atoms with Crippen LogP contribution in [0, 0.1) is 0 Å². The summed E-state index contributed by atoms with van der Waals surface area (Å²) in [6, 6.07) is 0.445. The van der Waals surface area contributed by atoms with Gasteiger partial charge in [-0.25, -0.2) is 0 Å². The van der Waals surface area contributed by atoms with E-state index < -0.39 is 0 Å². The number of halogens is 1. The Kier molecular flexibility index (Phi) is 6.39. The highest BCUT2D eigenvalue weighted by Gasteiger charge is 2.36. The van der Waals surface area contributed by atoms with Gasteiger partial charge in [0.25, 0.3) is 0 Å². The molecule has 5 heteroatoms. The smallest absolute Gasteiger partial charge is 0.223 e. The Hall–Kier alpha value is -0.320. The van der Waals surface area contributed by atoms with E-state index in [1.165, 1.54) is 12.8 Å². The fraction of sp³-hybridized carbons (Fsp3) is 0.923. The average molecular weight is 277 g/mol. The molecule has 4 nitrogen and oxygen atoms in total. The van der Waals surface area contributed by atoms with Crippen LogP contribution in [-0.2, 0) is 9.53 Å². The lowest BCUT2D eigenvalue weighted by Gasteiger charge is -2.44. The normalized spacial score (nSPS) is 29.1. The second-order valence-electron chi connectivity index (χ2n) is 5.36. The van der Waals surface area contributed by atoms with E-state index in [2.05, 4.69) is 4.90 Å². The van der Waals surface area contributed by atoms with Gasteiger partial charge in [0.15, 0.2) is 0 Å². The number of nitrogens with two attached hydrogens (primary N) is 1. The van der Waals surface area contributed by atoms with Gasteiger partial charge in [-0.05, 0) is 26.2 Å². The van der Waals surface area contributed by atoms with Crippen LogP contribution in [-0.4, -0.2) is 42.1 Å². The summed E-state index contributed by atoms with van der Waals surface area (Å²) >= 11 is 0. The van der Waals surface area contributed by atoms with Crippen LogP contribution in [0.1, 0.15) is 45.4 Å². The minimum Gasteiger partial charge on any atom is -0.374 e. The summed E-state index contributed by atoms with van der Waals surface area (Å²) in [6.07, 6.45) is 6.34. The third kappa shape index (κ3) is 3.84. The molecule has 0 aromatic rings. The molecule has 2 aliphatic rings. The van der Waals surface area contributed by atoms with Crippen molar-refractivity contribution in [1.82, 2.24) is 4.90 Å². The molecule has 1 amide bonds. The number of nitrogens with zero attached hydrogens (tertiary/aromatic N) is 1. The maximum absolute atomic E-state index is 12.2. The summed E-state index contributed by atoms with van der Waals surface area (Å²) in [5.41, 5.74) is 5.71. The molecule has 1 aliphatic heterocycles. The summed E-state index contributed by atoms with van der Waals surface area (Å²) in [7, 11) is 0. The van der Waals surface area contributed by atoms with Crippen LogP contribution < -0.4 is 5.73 Å². The maximum atomic E-state index is 12.2. The molecule has 0 aromatic carbocycles. The van der Waals surface area contributed by atoms with Gasteiger partial charge in [0.2, 0.25) is 5.91 Å². The van der Waals surface area contributed by atoms with Gasteiger partial charge in [-0.1, -0.05) is 12.8 Å². The molecule has 1 aliphatic carbocycles. The summed E-state index contributed by atoms with van der Waals surface area (Å²) in [5.74, 6) is 0.266. The van der Waals surface area contributed by atoms with Gasteiger partial charge in [-0.3, -0.25) is 4.79 Å². The molecular formula is C13H25ClN2O2. The molecule has 1 saturated heterocycles. The number of rotatable bonds is 3. The Labute approximate surface area is 116 Å². The Balaban J connectivity index is 0.00000162. The monoisotopic (exact) mass is 276 g/mol. The molecule has 0 aromatic heterocycles. The van der Waals surface area contributed by atoms with E-state index >= 15 is 0 Å². The number of morpholine rings is 1. The Morgan fingerprint density at radius 2 is 2.17 bits per heavy atom. The minimum absolute atomic E-state index is 0. The Morgan fingerprint density at radius 1 is 1.44 bits per heavy atom. The summed E-state index contributed by atoms with van der Waals surface area (Å²) in [6.45, 7) is 3.42. The van der Waals surface area contributed by atoms with Crippen molar-refractivity contribution < 1.29 is 9.53 Å². The van der Waals surface area contributed by atoms with Crippen LogP contribution in [0.5, 0.6) is 0 Å². The van der Waals surface area contributed by atoms with E-state index in [1.54, 1.807) is 0 Å². The number of amides is 1. The molecule has 0 radical (unpaired) electrons. The van der Waals surface area contributed by atoms with E-state index in [9.17, 15) is 4.79 Å². The van der Waals surface area contributed by atoms with Gasteiger partial charge in [-0.2, -0.15) is 0 Å². The molecule has 2 rings (SSSR count). The predicted molar refractivity (Wildman–Crippen MR) is 73.8 cm³/mol. The van der Waals surface area contributed by atoms with Crippen molar-refractivity contribution in [3.63, 3.8) is 0 Å². The minimum atomic E-state index is 0. The topological polar surface area (TPSA) is 55.6 Å². The molecular weight excluding hydrogens is 252 g/mol. The fourth-order valence-corrected chi connectivity index (χ4v) is 2.90. The van der Waals surface area contributed by atoms with Gasteiger partial charge in [0.05, 0.1) is 18.8 Å². The van der Waals surface area contributed by atoms with Crippen molar-refractivity contribution in [2.75, 3.05) is 13.2 Å². The molecule has 2 fully saturated rings. The number of hydrogen-bond acceptors (Lipinski definition) is 3. The number of fused-ring (bicyclic) bond motifs is 1. The van der Waals surface area contributed by atoms with E-state index in [1.807, 2.05) is 6.92 Å². The van der Waals surface area contributed by atoms with Crippen molar-refractivity contribution in [3.05, 3.63) is 0 Å². The Bertz CT molecular complexity index is 272. The van der Waals surface area contributed by atoms with E-state index in [0.29, 0.717) is 19.1 Å². The summed E-state index contributed by atoms with van der Waals surface area (Å²) in [4.78, 5) is 14.2. The van der Waals surface area contributed by atoms with Crippen LogP contribution in [0.4, 0.5) is 0 Å². The first-order chi connectivity index (χ1) is 8.18. The first-order valence-corrected chi connectivity index (χ1v) is 6.85. The number of carbonyl (C=O) groups excluding carboxylic acids is 1. The Morgan fingerprint density at radius 3 is 2.89 bits per heavy atom. The van der Waals surface area contributed by atoms with Gasteiger partial charge in [0, 0.05) is 19.0 Å². The summed E-state index contributed by atoms with van der Waals surface area (Å²) in [5, 5.41) is 0. The van der Waals surface area contributed by atoms with Crippen molar-refractivity contribution in [1.29, 1.82) is 0 Å². The lowest BCUT2D eigenvalue weighted by Crippen LogP contribution is -2.54. The van der Waals surface area contributed by atoms with Gasteiger partial charge in [0.1, 0.15) is 0 Å². The number of ether oxygens (including phenoxy) is 1. The fourth-order valence-electron chi connectivity index (χ4n) is 2.90. The lowest BCUT2D eigenvalue weighted by molar-refractivity contribution is -0.149. The number of hydrogen-bond donors (Lipinski definition) is 1. The van der Waals surface area contributed by atoms with Crippen LogP contribution in [0.2, 0.25) is 0 Å². The molecule has 3 unspecified atom stereocenters. The van der Waals surface area contributed by atoms with E-state index in [4.69, 9.17) is 10.5 Å². The third-order valence-electron chi connectivity index (χ3n) is 3.87. The van der Waals surface area contributed by atoms with Gasteiger partial charge < -0.3 is 15.4 Å². The van der Waals surface area contributed by atoms with Crippen LogP contribution in [0.25, 0.3) is 0 Å². The largest absolute Gasteiger partial charge is 0.374 e. The highest BCUT2D eigenvalue weighted by Crippen LogP contribution is 2.28. The van der Waals surface area contributed by atoms with E-state index in [0.717, 1.165) is 25.8 Å². The van der Waals surface area contributed by atoms with Crippen molar-refractivity contribution in [2.45, 2.75) is 63.6 Å². The second-order valence-corrected chi connectivity index (χ2v) is 5.36. The zero-order valence-electron chi connectivity index (χ0n) is 11.1. The average Bonchev–Trinajstić information content (AvgIpc) is 2.35. The number of carbonyl (C=O) groups is 1. The van der Waals surface area contributed by atoms with E-state index in [-0.39, 0.29) is 30.5 Å². The molecule has 1 heterocycles. The second kappa shape index (κ2) is 7.31. The quantitative estimate of drug-likeness (QED) is 0.854. The molecule has 18 heavy (non-hydrogen) atoms. The SMILES string of the molecule is CC(N)CCC(=O)N1CCOC2CCCCC21.Cl. The van der Waals surface area contributed by atoms with Crippen molar-refractivity contribution >= 4 is 18.3 Å². The highest BCUT2D eigenvalue weighted by atomic mass is 35.5.